The highest BCUT2D eigenvalue weighted by molar-refractivity contribution is 9.10. The number of rotatable bonds is 5. The van der Waals surface area contributed by atoms with Crippen LogP contribution < -0.4 is 10.6 Å². The molecule has 1 aromatic carbocycles. The summed E-state index contributed by atoms with van der Waals surface area (Å²) in [5.41, 5.74) is 2.92. The lowest BCUT2D eigenvalue weighted by Gasteiger charge is -2.18. The zero-order valence-corrected chi connectivity index (χ0v) is 15.1. The maximum absolute atomic E-state index is 4.37. The van der Waals surface area contributed by atoms with E-state index in [1.54, 1.807) is 6.33 Å². The van der Waals surface area contributed by atoms with Gasteiger partial charge in [-0.25, -0.2) is 9.97 Å². The van der Waals surface area contributed by atoms with Gasteiger partial charge in [0.2, 0.25) is 0 Å². The van der Waals surface area contributed by atoms with Crippen LogP contribution in [0.25, 0.3) is 0 Å². The molecule has 23 heavy (non-hydrogen) atoms. The molecule has 1 heterocycles. The van der Waals surface area contributed by atoms with E-state index >= 15 is 0 Å². The Labute approximate surface area is 146 Å². The van der Waals surface area contributed by atoms with Gasteiger partial charge in [-0.15, -0.1) is 0 Å². The standard InChI is InChI=1S/C18H23BrN4/c1-2-8-20-17-11-18(22-12-21-17)23-16-5-3-4-13-6-7-15(19)9-14(13)10-16/h6-7,9,11-12,16H,2-5,8,10H2,1H3,(H2,20,21,22,23). The van der Waals surface area contributed by atoms with Gasteiger partial charge in [0, 0.05) is 23.1 Å². The second-order valence-corrected chi connectivity index (χ2v) is 6.98. The van der Waals surface area contributed by atoms with Gasteiger partial charge in [0.25, 0.3) is 0 Å². The first-order chi connectivity index (χ1) is 11.2. The first kappa shape index (κ1) is 16.2. The molecule has 3 rings (SSSR count). The molecule has 2 N–H and O–H groups in total. The number of hydrogen-bond acceptors (Lipinski definition) is 4. The van der Waals surface area contributed by atoms with Crippen molar-refractivity contribution < 1.29 is 0 Å². The van der Waals surface area contributed by atoms with E-state index in [4.69, 9.17) is 0 Å². The number of nitrogens with zero attached hydrogens (tertiary/aromatic N) is 2. The maximum Gasteiger partial charge on any atom is 0.131 e. The Morgan fingerprint density at radius 2 is 2.04 bits per heavy atom. The van der Waals surface area contributed by atoms with E-state index in [0.717, 1.165) is 48.3 Å². The molecule has 1 aromatic heterocycles. The fraction of sp³-hybridized carbons (Fsp3) is 0.444. The Morgan fingerprint density at radius 3 is 2.91 bits per heavy atom. The predicted molar refractivity (Wildman–Crippen MR) is 99.0 cm³/mol. The van der Waals surface area contributed by atoms with Crippen molar-refractivity contribution >= 4 is 27.6 Å². The molecule has 0 saturated carbocycles. The number of hydrogen-bond donors (Lipinski definition) is 2. The molecular formula is C18H23BrN4. The third-order valence-electron chi connectivity index (χ3n) is 4.21. The quantitative estimate of drug-likeness (QED) is 0.760. The van der Waals surface area contributed by atoms with Gasteiger partial charge >= 0.3 is 0 Å². The number of aryl methyl sites for hydroxylation is 1. The van der Waals surface area contributed by atoms with Gasteiger partial charge in [-0.1, -0.05) is 28.9 Å². The molecule has 1 aliphatic carbocycles. The van der Waals surface area contributed by atoms with E-state index in [1.165, 1.54) is 17.5 Å². The molecule has 0 amide bonds. The average Bonchev–Trinajstić information content (AvgIpc) is 2.74. The van der Waals surface area contributed by atoms with Gasteiger partial charge in [0.15, 0.2) is 0 Å². The number of fused-ring (bicyclic) bond motifs is 1. The topological polar surface area (TPSA) is 49.8 Å². The number of benzene rings is 1. The van der Waals surface area contributed by atoms with Crippen LogP contribution in [-0.2, 0) is 12.8 Å². The number of aromatic nitrogens is 2. The van der Waals surface area contributed by atoms with Crippen molar-refractivity contribution in [3.63, 3.8) is 0 Å². The average molecular weight is 375 g/mol. The summed E-state index contributed by atoms with van der Waals surface area (Å²) >= 11 is 3.59. The van der Waals surface area contributed by atoms with E-state index in [0.29, 0.717) is 6.04 Å². The highest BCUT2D eigenvalue weighted by Gasteiger charge is 2.17. The lowest BCUT2D eigenvalue weighted by Crippen LogP contribution is -2.22. The fourth-order valence-corrected chi connectivity index (χ4v) is 3.46. The Morgan fingerprint density at radius 1 is 1.17 bits per heavy atom. The number of nitrogens with one attached hydrogen (secondary N) is 2. The summed E-state index contributed by atoms with van der Waals surface area (Å²) in [4.78, 5) is 8.64. The molecule has 1 atom stereocenters. The third-order valence-corrected chi connectivity index (χ3v) is 4.70. The van der Waals surface area contributed by atoms with Crippen LogP contribution in [0.4, 0.5) is 11.6 Å². The molecular weight excluding hydrogens is 352 g/mol. The molecule has 4 nitrogen and oxygen atoms in total. The summed E-state index contributed by atoms with van der Waals surface area (Å²) in [5.74, 6) is 1.79. The zero-order chi connectivity index (χ0) is 16.1. The fourth-order valence-electron chi connectivity index (χ4n) is 3.05. The Hall–Kier alpha value is -1.62. The summed E-state index contributed by atoms with van der Waals surface area (Å²) in [6.07, 6.45) is 7.28. The molecule has 0 bridgehead atoms. The van der Waals surface area contributed by atoms with E-state index < -0.39 is 0 Å². The molecule has 0 spiro atoms. The Bertz CT molecular complexity index is 659. The van der Waals surface area contributed by atoms with Gasteiger partial charge in [0.1, 0.15) is 18.0 Å². The van der Waals surface area contributed by atoms with Crippen molar-refractivity contribution in [3.05, 3.63) is 46.2 Å². The van der Waals surface area contributed by atoms with Crippen molar-refractivity contribution in [1.29, 1.82) is 0 Å². The first-order valence-electron chi connectivity index (χ1n) is 8.34. The van der Waals surface area contributed by atoms with Crippen LogP contribution in [0.5, 0.6) is 0 Å². The van der Waals surface area contributed by atoms with Crippen LogP contribution in [0.2, 0.25) is 0 Å². The van der Waals surface area contributed by atoms with E-state index in [1.807, 2.05) is 6.07 Å². The number of anilines is 2. The monoisotopic (exact) mass is 374 g/mol. The van der Waals surface area contributed by atoms with Crippen molar-refractivity contribution in [1.82, 2.24) is 9.97 Å². The minimum Gasteiger partial charge on any atom is -0.370 e. The van der Waals surface area contributed by atoms with Crippen molar-refractivity contribution in [3.8, 4) is 0 Å². The van der Waals surface area contributed by atoms with Crippen molar-refractivity contribution in [2.24, 2.45) is 0 Å². The molecule has 1 aliphatic rings. The lowest BCUT2D eigenvalue weighted by molar-refractivity contribution is 0.635. The summed E-state index contributed by atoms with van der Waals surface area (Å²) in [6, 6.07) is 9.06. The largest absolute Gasteiger partial charge is 0.370 e. The van der Waals surface area contributed by atoms with E-state index in [2.05, 4.69) is 61.7 Å². The molecule has 0 saturated heterocycles. The normalized spacial score (nSPS) is 17.2. The van der Waals surface area contributed by atoms with Gasteiger partial charge in [-0.05, 0) is 55.4 Å². The summed E-state index contributed by atoms with van der Waals surface area (Å²) in [6.45, 7) is 3.08. The van der Waals surface area contributed by atoms with Gasteiger partial charge in [0.05, 0.1) is 0 Å². The molecule has 1 unspecified atom stereocenters. The molecule has 0 radical (unpaired) electrons. The predicted octanol–water partition coefficient (Wildman–Crippen LogP) is 4.42. The highest BCUT2D eigenvalue weighted by Crippen LogP contribution is 2.25. The third kappa shape index (κ3) is 4.44. The van der Waals surface area contributed by atoms with Crippen LogP contribution in [-0.4, -0.2) is 22.6 Å². The second kappa shape index (κ2) is 7.77. The summed E-state index contributed by atoms with van der Waals surface area (Å²) in [5, 5.41) is 6.90. The van der Waals surface area contributed by atoms with Crippen LogP contribution in [0.3, 0.4) is 0 Å². The molecule has 0 aliphatic heterocycles. The van der Waals surface area contributed by atoms with Crippen molar-refractivity contribution in [2.45, 2.75) is 45.1 Å². The van der Waals surface area contributed by atoms with Crippen molar-refractivity contribution in [2.75, 3.05) is 17.2 Å². The molecule has 0 fully saturated rings. The van der Waals surface area contributed by atoms with E-state index in [9.17, 15) is 0 Å². The van der Waals surface area contributed by atoms with Gasteiger partial charge in [-0.3, -0.25) is 0 Å². The lowest BCUT2D eigenvalue weighted by atomic mass is 10.0. The van der Waals surface area contributed by atoms with Crippen LogP contribution in [0.15, 0.2) is 35.1 Å². The first-order valence-corrected chi connectivity index (χ1v) is 9.13. The summed E-state index contributed by atoms with van der Waals surface area (Å²) in [7, 11) is 0. The maximum atomic E-state index is 4.37. The highest BCUT2D eigenvalue weighted by atomic mass is 79.9. The molecule has 2 aromatic rings. The van der Waals surface area contributed by atoms with Crippen LogP contribution in [0.1, 0.15) is 37.3 Å². The molecule has 5 heteroatoms. The number of halogens is 1. The minimum absolute atomic E-state index is 0.416. The van der Waals surface area contributed by atoms with E-state index in [-0.39, 0.29) is 0 Å². The molecule has 122 valence electrons. The van der Waals surface area contributed by atoms with Gasteiger partial charge < -0.3 is 10.6 Å². The second-order valence-electron chi connectivity index (χ2n) is 6.07. The van der Waals surface area contributed by atoms with Crippen LogP contribution in [0, 0.1) is 0 Å². The summed E-state index contributed by atoms with van der Waals surface area (Å²) < 4.78 is 1.16. The zero-order valence-electron chi connectivity index (χ0n) is 13.5. The van der Waals surface area contributed by atoms with Gasteiger partial charge in [-0.2, -0.15) is 0 Å². The Balaban J connectivity index is 1.70. The minimum atomic E-state index is 0.416. The van der Waals surface area contributed by atoms with Crippen LogP contribution >= 0.6 is 15.9 Å². The Kier molecular flexibility index (Phi) is 5.49. The smallest absolute Gasteiger partial charge is 0.131 e. The SMILES string of the molecule is CCCNc1cc(NC2CCCc3ccc(Br)cc3C2)ncn1.